The highest BCUT2D eigenvalue weighted by molar-refractivity contribution is 5.84. The summed E-state index contributed by atoms with van der Waals surface area (Å²) in [6.07, 6.45) is 5.50. The summed E-state index contributed by atoms with van der Waals surface area (Å²) in [7, 11) is 1.64. The minimum atomic E-state index is -0.628. The fourth-order valence-corrected chi connectivity index (χ4v) is 3.57. The van der Waals surface area contributed by atoms with Crippen LogP contribution in [0.4, 0.5) is 0 Å². The van der Waals surface area contributed by atoms with Crippen LogP contribution in [0.15, 0.2) is 49.4 Å². The van der Waals surface area contributed by atoms with Crippen molar-refractivity contribution in [3.05, 3.63) is 60.7 Å². The zero-order valence-corrected chi connectivity index (χ0v) is 17.6. The fourth-order valence-electron chi connectivity index (χ4n) is 3.57. The van der Waals surface area contributed by atoms with E-state index >= 15 is 0 Å². The molecule has 0 saturated heterocycles. The lowest BCUT2D eigenvalue weighted by Gasteiger charge is -2.15. The number of hydrogen-bond donors (Lipinski definition) is 1. The van der Waals surface area contributed by atoms with Gasteiger partial charge in [-0.3, -0.25) is 0 Å². The Morgan fingerprint density at radius 1 is 1.27 bits per heavy atom. The van der Waals surface area contributed by atoms with Crippen molar-refractivity contribution >= 4 is 16.9 Å². The molecule has 1 N–H and O–H groups in total. The van der Waals surface area contributed by atoms with Crippen LogP contribution in [0.3, 0.4) is 0 Å². The first-order valence-electron chi connectivity index (χ1n) is 9.86. The molecule has 1 atom stereocenters. The Labute approximate surface area is 175 Å². The van der Waals surface area contributed by atoms with E-state index in [1.54, 1.807) is 18.0 Å². The molecule has 3 heterocycles. The highest BCUT2D eigenvalue weighted by Crippen LogP contribution is 2.34. The van der Waals surface area contributed by atoms with Crippen molar-refractivity contribution in [2.24, 2.45) is 0 Å². The van der Waals surface area contributed by atoms with Crippen LogP contribution < -0.4 is 4.74 Å². The topological polar surface area (TPSA) is 78.0 Å². The van der Waals surface area contributed by atoms with Crippen molar-refractivity contribution in [3.8, 4) is 22.7 Å². The molecule has 30 heavy (non-hydrogen) atoms. The van der Waals surface area contributed by atoms with Gasteiger partial charge in [0.2, 0.25) is 0 Å². The van der Waals surface area contributed by atoms with E-state index in [4.69, 9.17) is 14.7 Å². The minimum absolute atomic E-state index is 0.585. The van der Waals surface area contributed by atoms with Gasteiger partial charge in [-0.15, -0.1) is 0 Å². The van der Waals surface area contributed by atoms with Gasteiger partial charge in [0.05, 0.1) is 30.3 Å². The van der Waals surface area contributed by atoms with Crippen LogP contribution in [0.2, 0.25) is 0 Å². The summed E-state index contributed by atoms with van der Waals surface area (Å²) in [6.45, 7) is 9.87. The molecule has 154 valence electrons. The van der Waals surface area contributed by atoms with Gasteiger partial charge >= 0.3 is 0 Å². The van der Waals surface area contributed by atoms with Crippen LogP contribution in [0.1, 0.15) is 24.6 Å². The summed E-state index contributed by atoms with van der Waals surface area (Å²) in [5.41, 5.74) is 6.32. The number of benzene rings is 1. The van der Waals surface area contributed by atoms with E-state index in [-0.39, 0.29) is 0 Å². The van der Waals surface area contributed by atoms with E-state index < -0.39 is 6.10 Å². The van der Waals surface area contributed by atoms with E-state index in [1.165, 1.54) is 0 Å². The molecule has 0 radical (unpaired) electrons. The molecule has 0 aliphatic rings. The summed E-state index contributed by atoms with van der Waals surface area (Å²) in [4.78, 5) is 9.74. The predicted octanol–water partition coefficient (Wildman–Crippen LogP) is 4.15. The predicted molar refractivity (Wildman–Crippen MR) is 118 cm³/mol. The third-order valence-electron chi connectivity index (χ3n) is 5.27. The van der Waals surface area contributed by atoms with Crippen LogP contribution in [-0.4, -0.2) is 42.6 Å². The van der Waals surface area contributed by atoms with E-state index in [1.807, 2.05) is 62.0 Å². The zero-order chi connectivity index (χ0) is 21.4. The molecule has 0 amide bonds. The lowest BCUT2D eigenvalue weighted by molar-refractivity contribution is 0.223. The standard InChI is InChI=1S/C23H25N5O2/c1-6-19(29)16(4)27-13-14(2)21-23(27)25-15(3)22(26-21)18-9-8-17(12-20(18)30-5)28-11-7-10-24-28/h7-13,19,29H,4,6H2,1-3,5H3/t19-/m1/s1. The maximum absolute atomic E-state index is 10.2. The van der Waals surface area contributed by atoms with E-state index in [0.29, 0.717) is 23.5 Å². The Kier molecular flexibility index (Phi) is 5.13. The quantitative estimate of drug-likeness (QED) is 0.523. The number of aliphatic hydroxyl groups excluding tert-OH is 1. The van der Waals surface area contributed by atoms with Gasteiger partial charge in [0, 0.05) is 35.9 Å². The molecule has 0 fully saturated rings. The van der Waals surface area contributed by atoms with E-state index in [9.17, 15) is 5.11 Å². The Balaban J connectivity index is 1.85. The third kappa shape index (κ3) is 3.27. The number of aromatic nitrogens is 5. The second kappa shape index (κ2) is 7.76. The number of rotatable bonds is 6. The maximum atomic E-state index is 10.2. The highest BCUT2D eigenvalue weighted by atomic mass is 16.5. The Morgan fingerprint density at radius 3 is 2.73 bits per heavy atom. The molecule has 0 aliphatic carbocycles. The molecule has 0 unspecified atom stereocenters. The zero-order valence-electron chi connectivity index (χ0n) is 17.6. The maximum Gasteiger partial charge on any atom is 0.163 e. The summed E-state index contributed by atoms with van der Waals surface area (Å²) in [5, 5.41) is 14.5. The number of methoxy groups -OCH3 is 1. The number of aryl methyl sites for hydroxylation is 2. The molecule has 0 bridgehead atoms. The minimum Gasteiger partial charge on any atom is -0.496 e. The molecule has 1 aromatic carbocycles. The highest BCUT2D eigenvalue weighted by Gasteiger charge is 2.19. The average molecular weight is 403 g/mol. The summed E-state index contributed by atoms with van der Waals surface area (Å²) >= 11 is 0. The van der Waals surface area contributed by atoms with Crippen LogP contribution in [-0.2, 0) is 0 Å². The fraction of sp³-hybridized carbons (Fsp3) is 0.261. The first kappa shape index (κ1) is 19.8. The van der Waals surface area contributed by atoms with Crippen molar-refractivity contribution < 1.29 is 9.84 Å². The normalized spacial score (nSPS) is 12.3. The Hall–Kier alpha value is -3.45. The van der Waals surface area contributed by atoms with Crippen molar-refractivity contribution in [1.29, 1.82) is 0 Å². The Bertz CT molecular complexity index is 1220. The van der Waals surface area contributed by atoms with Gasteiger partial charge in [-0.1, -0.05) is 13.5 Å². The molecule has 3 aromatic heterocycles. The van der Waals surface area contributed by atoms with Crippen molar-refractivity contribution in [2.45, 2.75) is 33.3 Å². The van der Waals surface area contributed by atoms with Gasteiger partial charge in [0.25, 0.3) is 0 Å². The van der Waals surface area contributed by atoms with Crippen LogP contribution in [0.25, 0.3) is 33.8 Å². The van der Waals surface area contributed by atoms with Crippen molar-refractivity contribution in [2.75, 3.05) is 7.11 Å². The molecule has 7 nitrogen and oxygen atoms in total. The first-order valence-corrected chi connectivity index (χ1v) is 9.86. The molecular formula is C23H25N5O2. The molecular weight excluding hydrogens is 378 g/mol. The van der Waals surface area contributed by atoms with E-state index in [0.717, 1.165) is 33.7 Å². The Morgan fingerprint density at radius 2 is 2.07 bits per heavy atom. The smallest absolute Gasteiger partial charge is 0.163 e. The molecule has 7 heteroatoms. The van der Waals surface area contributed by atoms with Gasteiger partial charge < -0.3 is 14.4 Å². The van der Waals surface area contributed by atoms with Crippen molar-refractivity contribution in [3.63, 3.8) is 0 Å². The average Bonchev–Trinajstić information content (AvgIpc) is 3.40. The summed E-state index contributed by atoms with van der Waals surface area (Å²) in [5.74, 6) is 0.697. The van der Waals surface area contributed by atoms with Gasteiger partial charge in [0.15, 0.2) is 5.65 Å². The first-order chi connectivity index (χ1) is 14.4. The number of aliphatic hydroxyl groups is 1. The third-order valence-corrected chi connectivity index (χ3v) is 5.27. The molecule has 4 rings (SSSR count). The molecule has 0 spiro atoms. The number of fused-ring (bicyclic) bond motifs is 1. The number of nitrogens with zero attached hydrogens (tertiary/aromatic N) is 5. The molecule has 4 aromatic rings. The lowest BCUT2D eigenvalue weighted by atomic mass is 10.1. The van der Waals surface area contributed by atoms with Gasteiger partial charge in [-0.05, 0) is 44.0 Å². The monoisotopic (exact) mass is 403 g/mol. The van der Waals surface area contributed by atoms with Gasteiger partial charge in [0.1, 0.15) is 11.3 Å². The lowest BCUT2D eigenvalue weighted by Crippen LogP contribution is -2.12. The molecule has 0 aliphatic heterocycles. The van der Waals surface area contributed by atoms with Crippen molar-refractivity contribution in [1.82, 2.24) is 24.3 Å². The SMILES string of the molecule is C=C([C@H](O)CC)n1cc(C)c2nc(-c3ccc(-n4cccn4)cc3OC)c(C)nc21. The second-order valence-electron chi connectivity index (χ2n) is 7.26. The summed E-state index contributed by atoms with van der Waals surface area (Å²) < 4.78 is 9.28. The van der Waals surface area contributed by atoms with Crippen LogP contribution >= 0.6 is 0 Å². The second-order valence-corrected chi connectivity index (χ2v) is 7.26. The molecule has 0 saturated carbocycles. The van der Waals surface area contributed by atoms with Crippen LogP contribution in [0, 0.1) is 13.8 Å². The van der Waals surface area contributed by atoms with Gasteiger partial charge in [-0.25, -0.2) is 14.6 Å². The largest absolute Gasteiger partial charge is 0.496 e. The van der Waals surface area contributed by atoms with Crippen LogP contribution in [0.5, 0.6) is 5.75 Å². The summed E-state index contributed by atoms with van der Waals surface area (Å²) in [6, 6.07) is 7.77. The van der Waals surface area contributed by atoms with E-state index in [2.05, 4.69) is 11.7 Å². The number of hydrogen-bond acceptors (Lipinski definition) is 5. The number of ether oxygens (including phenoxy) is 1. The van der Waals surface area contributed by atoms with Gasteiger partial charge in [-0.2, -0.15) is 5.10 Å².